The molecule has 2 nitrogen and oxygen atoms in total. The molecule has 0 bridgehead atoms. The van der Waals surface area contributed by atoms with Gasteiger partial charge in [0.1, 0.15) is 0 Å². The van der Waals surface area contributed by atoms with Crippen molar-refractivity contribution < 1.29 is 8.78 Å². The summed E-state index contributed by atoms with van der Waals surface area (Å²) in [5.41, 5.74) is 2.04. The van der Waals surface area contributed by atoms with Gasteiger partial charge in [-0.15, -0.1) is 0 Å². The van der Waals surface area contributed by atoms with Crippen molar-refractivity contribution >= 4 is 0 Å². The van der Waals surface area contributed by atoms with E-state index in [2.05, 4.69) is 10.2 Å². The number of rotatable bonds is 4. The van der Waals surface area contributed by atoms with Crippen molar-refractivity contribution in [3.05, 3.63) is 34.9 Å². The number of hydrogen-bond acceptors (Lipinski definition) is 2. The maximum atomic E-state index is 12.9. The van der Waals surface area contributed by atoms with Gasteiger partial charge in [-0.3, -0.25) is 0 Å². The lowest BCUT2D eigenvalue weighted by Gasteiger charge is -2.27. The number of halogens is 2. The zero-order chi connectivity index (χ0) is 13.0. The second-order valence-corrected chi connectivity index (χ2v) is 4.84. The Kier molecular flexibility index (Phi) is 4.66. The molecule has 0 saturated carbocycles. The van der Waals surface area contributed by atoms with E-state index < -0.39 is 6.43 Å². The Morgan fingerprint density at radius 2 is 2.00 bits per heavy atom. The summed E-state index contributed by atoms with van der Waals surface area (Å²) in [6.45, 7) is 6.82. The summed E-state index contributed by atoms with van der Waals surface area (Å²) in [6, 6.07) is 5.21. The number of piperazine rings is 1. The summed E-state index contributed by atoms with van der Waals surface area (Å²) in [5, 5.41) is 3.29. The largest absolute Gasteiger partial charge is 0.314 e. The van der Waals surface area contributed by atoms with E-state index in [4.69, 9.17) is 0 Å². The quantitative estimate of drug-likeness (QED) is 0.887. The zero-order valence-corrected chi connectivity index (χ0v) is 10.8. The van der Waals surface area contributed by atoms with E-state index in [1.807, 2.05) is 13.0 Å². The number of alkyl halides is 2. The molecular weight excluding hydrogens is 234 g/mol. The van der Waals surface area contributed by atoms with Gasteiger partial charge in [-0.25, -0.2) is 8.78 Å². The third-order valence-corrected chi connectivity index (χ3v) is 3.44. The van der Waals surface area contributed by atoms with Gasteiger partial charge in [-0.05, 0) is 18.9 Å². The highest BCUT2D eigenvalue weighted by atomic mass is 19.3. The van der Waals surface area contributed by atoms with E-state index in [1.54, 1.807) is 12.1 Å². The van der Waals surface area contributed by atoms with E-state index in [0.717, 1.165) is 43.9 Å². The molecule has 1 aliphatic rings. The Morgan fingerprint density at radius 3 is 2.67 bits per heavy atom. The van der Waals surface area contributed by atoms with Crippen LogP contribution in [0.1, 0.15) is 23.1 Å². The first-order valence-electron chi connectivity index (χ1n) is 6.47. The van der Waals surface area contributed by atoms with Crippen LogP contribution in [0.4, 0.5) is 8.78 Å². The SMILES string of the molecule is Cc1ccc(C(F)F)c(CCN2CCNCC2)c1. The number of hydrogen-bond donors (Lipinski definition) is 1. The minimum atomic E-state index is -2.37. The minimum absolute atomic E-state index is 0.190. The molecule has 18 heavy (non-hydrogen) atoms. The topological polar surface area (TPSA) is 15.3 Å². The zero-order valence-electron chi connectivity index (χ0n) is 10.8. The molecular formula is C14H20F2N2. The third-order valence-electron chi connectivity index (χ3n) is 3.44. The van der Waals surface area contributed by atoms with Gasteiger partial charge in [0, 0.05) is 38.3 Å². The highest BCUT2D eigenvalue weighted by Gasteiger charge is 2.15. The van der Waals surface area contributed by atoms with Gasteiger partial charge < -0.3 is 10.2 Å². The second kappa shape index (κ2) is 6.25. The number of benzene rings is 1. The first-order valence-corrected chi connectivity index (χ1v) is 6.47. The Morgan fingerprint density at radius 1 is 1.28 bits per heavy atom. The van der Waals surface area contributed by atoms with E-state index in [1.165, 1.54) is 0 Å². The second-order valence-electron chi connectivity index (χ2n) is 4.84. The molecule has 1 aromatic carbocycles. The van der Waals surface area contributed by atoms with Crippen molar-refractivity contribution in [1.29, 1.82) is 0 Å². The third kappa shape index (κ3) is 3.50. The lowest BCUT2D eigenvalue weighted by Crippen LogP contribution is -2.44. The molecule has 0 unspecified atom stereocenters. The lowest BCUT2D eigenvalue weighted by atomic mass is 10.0. The van der Waals surface area contributed by atoms with E-state index in [-0.39, 0.29) is 5.56 Å². The molecule has 2 rings (SSSR count). The van der Waals surface area contributed by atoms with E-state index in [0.29, 0.717) is 6.42 Å². The van der Waals surface area contributed by atoms with Crippen LogP contribution in [-0.2, 0) is 6.42 Å². The molecule has 1 aromatic rings. The van der Waals surface area contributed by atoms with E-state index in [9.17, 15) is 8.78 Å². The fourth-order valence-corrected chi connectivity index (χ4v) is 2.38. The van der Waals surface area contributed by atoms with Crippen molar-refractivity contribution in [3.8, 4) is 0 Å². The fraction of sp³-hybridized carbons (Fsp3) is 0.571. The average molecular weight is 254 g/mol. The highest BCUT2D eigenvalue weighted by molar-refractivity contribution is 5.32. The van der Waals surface area contributed by atoms with Crippen molar-refractivity contribution in [2.24, 2.45) is 0 Å². The molecule has 1 heterocycles. The first-order chi connectivity index (χ1) is 8.66. The van der Waals surface area contributed by atoms with Crippen molar-refractivity contribution in [2.75, 3.05) is 32.7 Å². The molecule has 0 amide bonds. The van der Waals surface area contributed by atoms with E-state index >= 15 is 0 Å². The molecule has 0 aromatic heterocycles. The molecule has 1 saturated heterocycles. The smallest absolute Gasteiger partial charge is 0.264 e. The van der Waals surface area contributed by atoms with Crippen LogP contribution in [0.5, 0.6) is 0 Å². The summed E-state index contributed by atoms with van der Waals surface area (Å²) >= 11 is 0. The van der Waals surface area contributed by atoms with Crippen molar-refractivity contribution in [2.45, 2.75) is 19.8 Å². The molecule has 0 atom stereocenters. The highest BCUT2D eigenvalue weighted by Crippen LogP contribution is 2.24. The minimum Gasteiger partial charge on any atom is -0.314 e. The maximum Gasteiger partial charge on any atom is 0.264 e. The lowest BCUT2D eigenvalue weighted by molar-refractivity contribution is 0.149. The van der Waals surface area contributed by atoms with Crippen molar-refractivity contribution in [3.63, 3.8) is 0 Å². The monoisotopic (exact) mass is 254 g/mol. The summed E-state index contributed by atoms with van der Waals surface area (Å²) in [5.74, 6) is 0. The predicted octanol–water partition coefficient (Wildman–Crippen LogP) is 2.38. The Bertz CT molecular complexity index is 387. The molecule has 1 fully saturated rings. The molecule has 0 radical (unpaired) electrons. The van der Waals surface area contributed by atoms with Crippen LogP contribution in [0.25, 0.3) is 0 Å². The molecule has 4 heteroatoms. The summed E-state index contributed by atoms with van der Waals surface area (Å²) in [7, 11) is 0. The van der Waals surface area contributed by atoms with Crippen LogP contribution in [0.2, 0.25) is 0 Å². The average Bonchev–Trinajstić information content (AvgIpc) is 2.37. The van der Waals surface area contributed by atoms with Gasteiger partial charge >= 0.3 is 0 Å². The van der Waals surface area contributed by atoms with Gasteiger partial charge in [0.05, 0.1) is 0 Å². The Hall–Kier alpha value is -1.00. The summed E-state index contributed by atoms with van der Waals surface area (Å²) in [6.07, 6.45) is -1.66. The first kappa shape index (κ1) is 13.4. The van der Waals surface area contributed by atoms with Gasteiger partial charge in [0.2, 0.25) is 0 Å². The Labute approximate surface area is 107 Å². The van der Waals surface area contributed by atoms with Crippen LogP contribution in [0, 0.1) is 6.92 Å². The fourth-order valence-electron chi connectivity index (χ4n) is 2.38. The van der Waals surface area contributed by atoms with Crippen LogP contribution >= 0.6 is 0 Å². The molecule has 1 N–H and O–H groups in total. The normalized spacial score (nSPS) is 17.3. The van der Waals surface area contributed by atoms with Gasteiger partial charge in [-0.2, -0.15) is 0 Å². The molecule has 0 aliphatic carbocycles. The number of aryl methyl sites for hydroxylation is 1. The Balaban J connectivity index is 2.00. The molecule has 1 aliphatic heterocycles. The van der Waals surface area contributed by atoms with Crippen LogP contribution < -0.4 is 5.32 Å². The van der Waals surface area contributed by atoms with Crippen molar-refractivity contribution in [1.82, 2.24) is 10.2 Å². The van der Waals surface area contributed by atoms with Gasteiger partial charge in [0.15, 0.2) is 0 Å². The summed E-state index contributed by atoms with van der Waals surface area (Å²) < 4.78 is 25.8. The number of nitrogens with zero attached hydrogens (tertiary/aromatic N) is 1. The molecule has 0 spiro atoms. The van der Waals surface area contributed by atoms with Gasteiger partial charge in [-0.1, -0.05) is 23.8 Å². The predicted molar refractivity (Wildman–Crippen MR) is 69.1 cm³/mol. The number of nitrogens with one attached hydrogen (secondary N) is 1. The molecule has 100 valence electrons. The van der Waals surface area contributed by atoms with Gasteiger partial charge in [0.25, 0.3) is 6.43 Å². The standard InChI is InChI=1S/C14H20F2N2/c1-11-2-3-13(14(15)16)12(10-11)4-7-18-8-5-17-6-9-18/h2-3,10,14,17H,4-9H2,1H3. The van der Waals surface area contributed by atoms with Crippen LogP contribution in [0.15, 0.2) is 18.2 Å². The van der Waals surface area contributed by atoms with Crippen LogP contribution in [-0.4, -0.2) is 37.6 Å². The maximum absolute atomic E-state index is 12.9. The van der Waals surface area contributed by atoms with Crippen LogP contribution in [0.3, 0.4) is 0 Å². The summed E-state index contributed by atoms with van der Waals surface area (Å²) in [4.78, 5) is 2.33.